The van der Waals surface area contributed by atoms with Gasteiger partial charge in [-0.1, -0.05) is 20.3 Å². The van der Waals surface area contributed by atoms with Gasteiger partial charge in [0.2, 0.25) is 0 Å². The molecule has 0 radical (unpaired) electrons. The molecule has 0 aliphatic rings. The van der Waals surface area contributed by atoms with E-state index in [4.69, 9.17) is 0 Å². The summed E-state index contributed by atoms with van der Waals surface area (Å²) in [4.78, 5) is 25.7. The molecule has 2 aromatic rings. The Balaban J connectivity index is 0.00000420. The fourth-order valence-electron chi connectivity index (χ4n) is 2.52. The maximum Gasteiger partial charge on any atom is 0.326 e. The van der Waals surface area contributed by atoms with E-state index in [-0.39, 0.29) is 16.9 Å². The first-order valence-corrected chi connectivity index (χ1v) is 9.14. The Morgan fingerprint density at radius 1 is 0.967 bits per heavy atom. The largest absolute Gasteiger partial charge is 0.480 e. The maximum absolute atomic E-state index is 12.3. The summed E-state index contributed by atoms with van der Waals surface area (Å²) in [6.07, 6.45) is 0.659. The van der Waals surface area contributed by atoms with Gasteiger partial charge in [-0.2, -0.15) is 10.2 Å². The van der Waals surface area contributed by atoms with Gasteiger partial charge in [0, 0.05) is 25.3 Å². The zero-order valence-corrected chi connectivity index (χ0v) is 17.6. The third-order valence-electron chi connectivity index (χ3n) is 4.54. The predicted octanol–water partition coefficient (Wildman–Crippen LogP) is 2.75. The normalized spacial score (nSPS) is 12.3. The van der Waals surface area contributed by atoms with Crippen molar-refractivity contribution in [3.63, 3.8) is 0 Å². The van der Waals surface area contributed by atoms with Gasteiger partial charge in [0.25, 0.3) is 5.91 Å². The number of carbonyl (C=O) groups excluding carboxylic acids is 1. The Labute approximate surface area is 176 Å². The first-order valence-electron chi connectivity index (χ1n) is 9.14. The number of carbonyl (C=O) groups is 2. The molecular weight excluding hydrogens is 388 g/mol. The van der Waals surface area contributed by atoms with Crippen molar-refractivity contribution in [2.24, 2.45) is 16.1 Å². The third kappa shape index (κ3) is 7.26. The summed E-state index contributed by atoms with van der Waals surface area (Å²) < 4.78 is 0. The first kappa shape index (κ1) is 26.7. The summed E-state index contributed by atoms with van der Waals surface area (Å²) in [7, 11) is 3.94. The van der Waals surface area contributed by atoms with Crippen molar-refractivity contribution >= 4 is 28.9 Å². The number of anilines is 1. The lowest BCUT2D eigenvalue weighted by molar-refractivity contribution is -0.140. The molecule has 0 aromatic heterocycles. The molecule has 2 unspecified atom stereocenters. The Morgan fingerprint density at radius 3 is 1.83 bits per heavy atom. The highest BCUT2D eigenvalue weighted by Gasteiger charge is 2.25. The number of rotatable bonds is 8. The standard InChI is InChI=1S/C21H26N4O3.2H2O/c1-5-14(2)19(21(27)28)22-20(26)15-6-8-16(9-7-15)23-24-17-10-12-18(13-11-17)25(3)4;;/h6-14,19H,5H2,1-4H3,(H,22,26)(H,27,28);2*1H2. The Kier molecular flexibility index (Phi) is 10.9. The van der Waals surface area contributed by atoms with Gasteiger partial charge < -0.3 is 26.3 Å². The summed E-state index contributed by atoms with van der Waals surface area (Å²) in [5.74, 6) is -1.61. The molecule has 0 bridgehead atoms. The smallest absolute Gasteiger partial charge is 0.326 e. The molecule has 0 spiro atoms. The highest BCUT2D eigenvalue weighted by molar-refractivity contribution is 5.96. The zero-order chi connectivity index (χ0) is 20.7. The van der Waals surface area contributed by atoms with Crippen LogP contribution in [0.4, 0.5) is 17.1 Å². The number of nitrogens with zero attached hydrogens (tertiary/aromatic N) is 3. The van der Waals surface area contributed by atoms with Crippen LogP contribution >= 0.6 is 0 Å². The van der Waals surface area contributed by atoms with E-state index < -0.39 is 17.9 Å². The van der Waals surface area contributed by atoms with E-state index in [1.165, 1.54) is 0 Å². The molecule has 0 saturated heterocycles. The van der Waals surface area contributed by atoms with E-state index >= 15 is 0 Å². The monoisotopic (exact) mass is 418 g/mol. The van der Waals surface area contributed by atoms with Crippen molar-refractivity contribution in [2.45, 2.75) is 26.3 Å². The van der Waals surface area contributed by atoms with Crippen LogP contribution in [0.3, 0.4) is 0 Å². The molecule has 9 nitrogen and oxygen atoms in total. The van der Waals surface area contributed by atoms with Gasteiger partial charge in [-0.3, -0.25) is 4.79 Å². The minimum atomic E-state index is -1.03. The fraction of sp³-hybridized carbons (Fsp3) is 0.333. The topological polar surface area (TPSA) is 157 Å². The van der Waals surface area contributed by atoms with Crippen molar-refractivity contribution in [3.05, 3.63) is 54.1 Å². The van der Waals surface area contributed by atoms with E-state index in [9.17, 15) is 14.7 Å². The molecule has 0 heterocycles. The van der Waals surface area contributed by atoms with Gasteiger partial charge in [-0.05, 0) is 54.4 Å². The van der Waals surface area contributed by atoms with Gasteiger partial charge in [-0.25, -0.2) is 4.79 Å². The lowest BCUT2D eigenvalue weighted by Crippen LogP contribution is -2.45. The molecular formula is C21H30N4O5. The summed E-state index contributed by atoms with van der Waals surface area (Å²) in [6.45, 7) is 3.69. The number of amides is 1. The van der Waals surface area contributed by atoms with Crippen LogP contribution in [0.1, 0.15) is 30.6 Å². The molecule has 0 aliphatic carbocycles. The average molecular weight is 418 g/mol. The minimum Gasteiger partial charge on any atom is -0.480 e. The lowest BCUT2D eigenvalue weighted by atomic mass is 9.99. The van der Waals surface area contributed by atoms with E-state index in [0.717, 1.165) is 11.4 Å². The molecule has 0 aliphatic heterocycles. The number of azo groups is 1. The second-order valence-corrected chi connectivity index (χ2v) is 6.83. The van der Waals surface area contributed by atoms with E-state index in [2.05, 4.69) is 15.5 Å². The molecule has 2 rings (SSSR count). The highest BCUT2D eigenvalue weighted by Crippen LogP contribution is 2.21. The van der Waals surface area contributed by atoms with Gasteiger partial charge in [-0.15, -0.1) is 0 Å². The van der Waals surface area contributed by atoms with Crippen molar-refractivity contribution in [3.8, 4) is 0 Å². The molecule has 6 N–H and O–H groups in total. The van der Waals surface area contributed by atoms with Crippen LogP contribution in [0.25, 0.3) is 0 Å². The van der Waals surface area contributed by atoms with Crippen molar-refractivity contribution in [2.75, 3.05) is 19.0 Å². The third-order valence-corrected chi connectivity index (χ3v) is 4.54. The summed E-state index contributed by atoms with van der Waals surface area (Å²) in [5.41, 5.74) is 2.78. The maximum atomic E-state index is 12.3. The van der Waals surface area contributed by atoms with E-state index in [1.807, 2.05) is 50.2 Å². The number of hydrogen-bond donors (Lipinski definition) is 2. The molecule has 9 heteroatoms. The van der Waals surface area contributed by atoms with Crippen molar-refractivity contribution < 1.29 is 25.6 Å². The van der Waals surface area contributed by atoms with Crippen LogP contribution in [0, 0.1) is 5.92 Å². The van der Waals surface area contributed by atoms with Gasteiger partial charge in [0.05, 0.1) is 11.4 Å². The van der Waals surface area contributed by atoms with Crippen molar-refractivity contribution in [1.82, 2.24) is 5.32 Å². The lowest BCUT2D eigenvalue weighted by Gasteiger charge is -2.20. The molecule has 30 heavy (non-hydrogen) atoms. The van der Waals surface area contributed by atoms with E-state index in [0.29, 0.717) is 17.7 Å². The zero-order valence-electron chi connectivity index (χ0n) is 17.6. The van der Waals surface area contributed by atoms with E-state index in [1.54, 1.807) is 31.2 Å². The van der Waals surface area contributed by atoms with Crippen LogP contribution in [-0.2, 0) is 4.79 Å². The second kappa shape index (κ2) is 12.3. The molecule has 2 aromatic carbocycles. The highest BCUT2D eigenvalue weighted by atomic mass is 16.4. The molecule has 1 amide bonds. The Morgan fingerprint density at radius 2 is 1.43 bits per heavy atom. The Bertz CT molecular complexity index is 835. The Hall–Kier alpha value is -3.30. The average Bonchev–Trinajstić information content (AvgIpc) is 2.70. The number of hydrogen-bond acceptors (Lipinski definition) is 5. The minimum absolute atomic E-state index is 0. The molecule has 0 fully saturated rings. The van der Waals surface area contributed by atoms with Gasteiger partial charge >= 0.3 is 5.97 Å². The second-order valence-electron chi connectivity index (χ2n) is 6.83. The van der Waals surface area contributed by atoms with Crippen LogP contribution in [0.15, 0.2) is 58.8 Å². The molecule has 164 valence electrons. The number of benzene rings is 2. The SMILES string of the molecule is CCC(C)C(NC(=O)c1ccc(N=Nc2ccc(N(C)C)cc2)cc1)C(=O)O.O.O. The summed E-state index contributed by atoms with van der Waals surface area (Å²) in [6, 6.07) is 13.3. The van der Waals surface area contributed by atoms with Crippen LogP contribution < -0.4 is 10.2 Å². The first-order chi connectivity index (χ1) is 13.3. The molecule has 0 saturated carbocycles. The fourth-order valence-corrected chi connectivity index (χ4v) is 2.52. The van der Waals surface area contributed by atoms with Gasteiger partial charge in [0.15, 0.2) is 0 Å². The summed E-state index contributed by atoms with van der Waals surface area (Å²) in [5, 5.41) is 20.2. The quantitative estimate of drug-likeness (QED) is 0.632. The predicted molar refractivity (Wildman–Crippen MR) is 117 cm³/mol. The summed E-state index contributed by atoms with van der Waals surface area (Å²) >= 11 is 0. The van der Waals surface area contributed by atoms with Crippen LogP contribution in [-0.4, -0.2) is 48.1 Å². The van der Waals surface area contributed by atoms with Gasteiger partial charge in [0.1, 0.15) is 6.04 Å². The number of aliphatic carboxylic acids is 1. The number of nitrogens with one attached hydrogen (secondary N) is 1. The van der Waals surface area contributed by atoms with Crippen LogP contribution in [0.2, 0.25) is 0 Å². The van der Waals surface area contributed by atoms with Crippen molar-refractivity contribution in [1.29, 1.82) is 0 Å². The molecule has 2 atom stereocenters. The van der Waals surface area contributed by atoms with Crippen LogP contribution in [0.5, 0.6) is 0 Å². The number of carboxylic acid groups (broad SMARTS) is 1. The number of carboxylic acids is 1.